The zero-order valence-electron chi connectivity index (χ0n) is 9.31. The molecule has 0 spiro atoms. The molecule has 3 rings (SSSR count). The Hall–Kier alpha value is -2.23. The molecule has 3 aromatic rings. The Morgan fingerprint density at radius 3 is 2.33 bits per heavy atom. The summed E-state index contributed by atoms with van der Waals surface area (Å²) < 4.78 is 30.4. The van der Waals surface area contributed by atoms with Crippen LogP contribution in [0.2, 0.25) is 0 Å². The maximum absolute atomic E-state index is 12.4. The van der Waals surface area contributed by atoms with E-state index in [1.54, 1.807) is 12.1 Å². The van der Waals surface area contributed by atoms with Gasteiger partial charge in [0, 0.05) is 11.1 Å². The van der Waals surface area contributed by atoms with E-state index >= 15 is 0 Å². The van der Waals surface area contributed by atoms with Crippen molar-refractivity contribution in [1.82, 2.24) is 4.98 Å². The summed E-state index contributed by atoms with van der Waals surface area (Å²) in [6.07, 6.45) is -2.46. The van der Waals surface area contributed by atoms with E-state index in [0.29, 0.717) is 17.0 Å². The molecular formula is C14H9F2NO. The van der Waals surface area contributed by atoms with Gasteiger partial charge in [0.1, 0.15) is 5.52 Å². The fourth-order valence-electron chi connectivity index (χ4n) is 1.77. The van der Waals surface area contributed by atoms with Crippen molar-refractivity contribution in [2.75, 3.05) is 0 Å². The highest BCUT2D eigenvalue weighted by molar-refractivity contribution is 5.75. The molecule has 0 aliphatic heterocycles. The van der Waals surface area contributed by atoms with E-state index in [-0.39, 0.29) is 5.56 Å². The Bertz CT molecular complexity index is 641. The predicted octanol–water partition coefficient (Wildman–Crippen LogP) is 4.43. The van der Waals surface area contributed by atoms with E-state index in [2.05, 4.69) is 4.98 Å². The van der Waals surface area contributed by atoms with Crippen LogP contribution in [0.1, 0.15) is 12.0 Å². The molecule has 4 heteroatoms. The lowest BCUT2D eigenvalue weighted by Gasteiger charge is -1.99. The lowest BCUT2D eigenvalue weighted by Crippen LogP contribution is -1.84. The molecule has 90 valence electrons. The predicted molar refractivity (Wildman–Crippen MR) is 64.4 cm³/mol. The van der Waals surface area contributed by atoms with Crippen LogP contribution in [-0.4, -0.2) is 4.98 Å². The van der Waals surface area contributed by atoms with Gasteiger partial charge in [-0.3, -0.25) is 0 Å². The van der Waals surface area contributed by atoms with Gasteiger partial charge in [0.2, 0.25) is 5.89 Å². The number of halogens is 2. The van der Waals surface area contributed by atoms with Crippen molar-refractivity contribution in [3.05, 3.63) is 54.1 Å². The first-order chi connectivity index (χ1) is 8.74. The Morgan fingerprint density at radius 1 is 0.944 bits per heavy atom. The maximum Gasteiger partial charge on any atom is 0.263 e. The number of hydrogen-bond donors (Lipinski definition) is 0. The summed E-state index contributed by atoms with van der Waals surface area (Å²) in [6, 6.07) is 13.3. The lowest BCUT2D eigenvalue weighted by molar-refractivity contribution is 0.151. The minimum atomic E-state index is -2.46. The van der Waals surface area contributed by atoms with Crippen molar-refractivity contribution in [3.8, 4) is 11.5 Å². The van der Waals surface area contributed by atoms with Crippen LogP contribution in [0.4, 0.5) is 8.78 Å². The topological polar surface area (TPSA) is 26.0 Å². The minimum absolute atomic E-state index is 0.00476. The van der Waals surface area contributed by atoms with Crippen LogP contribution in [-0.2, 0) is 0 Å². The Balaban J connectivity index is 2.03. The summed E-state index contributed by atoms with van der Waals surface area (Å²) in [5, 5.41) is 0. The number of para-hydroxylation sites is 2. The fourth-order valence-corrected chi connectivity index (χ4v) is 1.77. The second kappa shape index (κ2) is 4.22. The average Bonchev–Trinajstić information content (AvgIpc) is 2.82. The van der Waals surface area contributed by atoms with E-state index in [1.165, 1.54) is 12.1 Å². The number of benzene rings is 2. The monoisotopic (exact) mass is 245 g/mol. The Kier molecular flexibility index (Phi) is 2.55. The minimum Gasteiger partial charge on any atom is -0.436 e. The molecule has 18 heavy (non-hydrogen) atoms. The van der Waals surface area contributed by atoms with Gasteiger partial charge >= 0.3 is 0 Å². The highest BCUT2D eigenvalue weighted by Gasteiger charge is 2.10. The smallest absolute Gasteiger partial charge is 0.263 e. The van der Waals surface area contributed by atoms with Gasteiger partial charge in [-0.05, 0) is 24.3 Å². The van der Waals surface area contributed by atoms with E-state index in [0.717, 1.165) is 5.52 Å². The molecule has 0 radical (unpaired) electrons. The summed E-state index contributed by atoms with van der Waals surface area (Å²) in [7, 11) is 0. The van der Waals surface area contributed by atoms with E-state index in [1.807, 2.05) is 24.3 Å². The van der Waals surface area contributed by atoms with Crippen LogP contribution in [0.5, 0.6) is 0 Å². The van der Waals surface area contributed by atoms with Crippen LogP contribution in [0.3, 0.4) is 0 Å². The fraction of sp³-hybridized carbons (Fsp3) is 0.0714. The van der Waals surface area contributed by atoms with Crippen LogP contribution in [0.15, 0.2) is 52.9 Å². The van der Waals surface area contributed by atoms with Gasteiger partial charge in [-0.15, -0.1) is 0 Å². The summed E-state index contributed by atoms with van der Waals surface area (Å²) >= 11 is 0. The lowest BCUT2D eigenvalue weighted by atomic mass is 10.1. The summed E-state index contributed by atoms with van der Waals surface area (Å²) in [5.74, 6) is 0.442. The van der Waals surface area contributed by atoms with Gasteiger partial charge in [-0.2, -0.15) is 0 Å². The number of fused-ring (bicyclic) bond motifs is 1. The number of nitrogens with zero attached hydrogens (tertiary/aromatic N) is 1. The third-order valence-corrected chi connectivity index (χ3v) is 2.70. The standard InChI is InChI=1S/C14H9F2NO/c15-13(16)9-5-7-10(8-6-9)14-17-11-3-1-2-4-12(11)18-14/h1-8,13H. The molecular weight excluding hydrogens is 236 g/mol. The van der Waals surface area contributed by atoms with Crippen LogP contribution < -0.4 is 0 Å². The first-order valence-corrected chi connectivity index (χ1v) is 5.48. The molecule has 0 aliphatic carbocycles. The SMILES string of the molecule is FC(F)c1ccc(-c2nc3ccccc3o2)cc1. The highest BCUT2D eigenvalue weighted by Crippen LogP contribution is 2.26. The molecule has 1 aromatic heterocycles. The number of oxazole rings is 1. The summed E-state index contributed by atoms with van der Waals surface area (Å²) in [4.78, 5) is 4.30. The molecule has 0 fully saturated rings. The Morgan fingerprint density at radius 2 is 1.67 bits per heavy atom. The van der Waals surface area contributed by atoms with Gasteiger partial charge < -0.3 is 4.42 Å². The Labute approximate surface area is 102 Å². The van der Waals surface area contributed by atoms with Crippen molar-refractivity contribution in [2.24, 2.45) is 0 Å². The van der Waals surface area contributed by atoms with Crippen LogP contribution in [0, 0.1) is 0 Å². The zero-order chi connectivity index (χ0) is 12.5. The second-order valence-corrected chi connectivity index (χ2v) is 3.91. The molecule has 0 atom stereocenters. The molecule has 0 amide bonds. The summed E-state index contributed by atoms with van der Waals surface area (Å²) in [6.45, 7) is 0. The van der Waals surface area contributed by atoms with Crippen molar-refractivity contribution >= 4 is 11.1 Å². The molecule has 0 aliphatic rings. The average molecular weight is 245 g/mol. The van der Waals surface area contributed by atoms with Gasteiger partial charge in [0.25, 0.3) is 6.43 Å². The highest BCUT2D eigenvalue weighted by atomic mass is 19.3. The summed E-state index contributed by atoms with van der Waals surface area (Å²) in [5.41, 5.74) is 2.13. The van der Waals surface area contributed by atoms with E-state index in [9.17, 15) is 8.78 Å². The largest absolute Gasteiger partial charge is 0.436 e. The first kappa shape index (κ1) is 10.9. The number of alkyl halides is 2. The second-order valence-electron chi connectivity index (χ2n) is 3.91. The zero-order valence-corrected chi connectivity index (χ0v) is 9.31. The number of hydrogen-bond acceptors (Lipinski definition) is 2. The van der Waals surface area contributed by atoms with Crippen LogP contribution >= 0.6 is 0 Å². The maximum atomic E-state index is 12.4. The van der Waals surface area contributed by atoms with Gasteiger partial charge in [0.15, 0.2) is 5.58 Å². The van der Waals surface area contributed by atoms with Crippen LogP contribution in [0.25, 0.3) is 22.6 Å². The molecule has 0 bridgehead atoms. The molecule has 1 heterocycles. The number of aromatic nitrogens is 1. The first-order valence-electron chi connectivity index (χ1n) is 5.48. The molecule has 0 unspecified atom stereocenters. The van der Waals surface area contributed by atoms with Crippen molar-refractivity contribution < 1.29 is 13.2 Å². The molecule has 0 saturated heterocycles. The van der Waals surface area contributed by atoms with Crippen molar-refractivity contribution in [2.45, 2.75) is 6.43 Å². The van der Waals surface area contributed by atoms with Gasteiger partial charge in [-0.1, -0.05) is 24.3 Å². The molecule has 0 saturated carbocycles. The van der Waals surface area contributed by atoms with Gasteiger partial charge in [-0.25, -0.2) is 13.8 Å². The normalized spacial score (nSPS) is 11.3. The molecule has 0 N–H and O–H groups in total. The number of rotatable bonds is 2. The molecule has 2 nitrogen and oxygen atoms in total. The van der Waals surface area contributed by atoms with E-state index < -0.39 is 6.43 Å². The molecule has 2 aromatic carbocycles. The van der Waals surface area contributed by atoms with Crippen molar-refractivity contribution in [3.63, 3.8) is 0 Å². The third-order valence-electron chi connectivity index (χ3n) is 2.70. The quantitative estimate of drug-likeness (QED) is 0.667. The van der Waals surface area contributed by atoms with Gasteiger partial charge in [0.05, 0.1) is 0 Å². The van der Waals surface area contributed by atoms with Crippen molar-refractivity contribution in [1.29, 1.82) is 0 Å². The van der Waals surface area contributed by atoms with E-state index in [4.69, 9.17) is 4.42 Å². The third kappa shape index (κ3) is 1.86.